The maximum Gasteiger partial charge on any atom is 0.240 e. The first kappa shape index (κ1) is 24.0. The molecule has 176 valence electrons. The molecule has 0 aliphatic rings. The molecule has 0 fully saturated rings. The van der Waals surface area contributed by atoms with E-state index in [9.17, 15) is 4.79 Å². The Labute approximate surface area is 209 Å². The molecule has 8 heteroatoms. The van der Waals surface area contributed by atoms with Gasteiger partial charge in [-0.05, 0) is 55.5 Å². The van der Waals surface area contributed by atoms with Crippen molar-refractivity contribution in [2.45, 2.75) is 23.8 Å². The predicted octanol–water partition coefficient (Wildman–Crippen LogP) is 5.37. The molecule has 35 heavy (non-hydrogen) atoms. The zero-order valence-electron chi connectivity index (χ0n) is 19.5. The van der Waals surface area contributed by atoms with E-state index in [4.69, 9.17) is 10.00 Å². The highest BCUT2D eigenvalue weighted by molar-refractivity contribution is 8.00. The molecule has 0 radical (unpaired) electrons. The average Bonchev–Trinajstić information content (AvgIpc) is 3.33. The number of para-hydroxylation sites is 2. The maximum absolute atomic E-state index is 13.5. The Morgan fingerprint density at radius 2 is 1.69 bits per heavy atom. The van der Waals surface area contributed by atoms with Gasteiger partial charge in [0.2, 0.25) is 5.91 Å². The minimum absolute atomic E-state index is 0.0925. The Morgan fingerprint density at radius 3 is 2.31 bits per heavy atom. The molecule has 0 spiro atoms. The second kappa shape index (κ2) is 11.4. The van der Waals surface area contributed by atoms with Gasteiger partial charge in [-0.3, -0.25) is 9.36 Å². The molecule has 1 aromatic heterocycles. The van der Waals surface area contributed by atoms with Crippen LogP contribution in [0.5, 0.6) is 5.75 Å². The van der Waals surface area contributed by atoms with Gasteiger partial charge in [0, 0.05) is 23.5 Å². The fourth-order valence-electron chi connectivity index (χ4n) is 3.65. The van der Waals surface area contributed by atoms with E-state index >= 15 is 0 Å². The highest BCUT2D eigenvalue weighted by atomic mass is 32.2. The number of nitrogens with zero attached hydrogens (tertiary/aromatic N) is 5. The van der Waals surface area contributed by atoms with Crippen molar-refractivity contribution in [3.63, 3.8) is 0 Å². The predicted molar refractivity (Wildman–Crippen MR) is 138 cm³/mol. The highest BCUT2D eigenvalue weighted by Crippen LogP contribution is 2.32. The van der Waals surface area contributed by atoms with Crippen LogP contribution in [0.15, 0.2) is 90.1 Å². The Balaban J connectivity index is 1.67. The molecule has 1 heterocycles. The number of hydrogen-bond donors (Lipinski definition) is 0. The summed E-state index contributed by atoms with van der Waals surface area (Å²) in [6.45, 7) is 2.18. The number of amides is 1. The summed E-state index contributed by atoms with van der Waals surface area (Å²) in [6.07, 6.45) is 0.250. The summed E-state index contributed by atoms with van der Waals surface area (Å²) in [7, 11) is 1.63. The molecule has 3 aromatic carbocycles. The van der Waals surface area contributed by atoms with Crippen LogP contribution in [0.3, 0.4) is 0 Å². The molecular formula is C27H25N5O2S. The second-order valence-electron chi connectivity index (χ2n) is 7.70. The molecule has 4 aromatic rings. The molecular weight excluding hydrogens is 458 g/mol. The van der Waals surface area contributed by atoms with E-state index in [1.165, 1.54) is 11.8 Å². The first-order valence-electron chi connectivity index (χ1n) is 11.2. The van der Waals surface area contributed by atoms with Crippen LogP contribution in [-0.2, 0) is 4.79 Å². The van der Waals surface area contributed by atoms with E-state index in [0.717, 1.165) is 22.7 Å². The molecule has 0 N–H and O–H groups in total. The number of thioether (sulfide) groups is 1. The summed E-state index contributed by atoms with van der Waals surface area (Å²) >= 11 is 1.34. The molecule has 0 bridgehead atoms. The van der Waals surface area contributed by atoms with Crippen molar-refractivity contribution >= 4 is 23.4 Å². The van der Waals surface area contributed by atoms with Crippen LogP contribution in [0, 0.1) is 11.3 Å². The SMILES string of the molecule is COc1ccc(-c2nnc(SC(C)C(=O)N(CCC#N)c3ccccc3)n2-c2ccccc2)cc1. The smallest absolute Gasteiger partial charge is 0.240 e. The number of aromatic nitrogens is 3. The van der Waals surface area contributed by atoms with E-state index < -0.39 is 5.25 Å². The number of carbonyl (C=O) groups excluding carboxylic acids is 1. The molecule has 4 rings (SSSR count). The van der Waals surface area contributed by atoms with Crippen LogP contribution in [0.4, 0.5) is 5.69 Å². The fraction of sp³-hybridized carbons (Fsp3) is 0.185. The summed E-state index contributed by atoms with van der Waals surface area (Å²) in [5.41, 5.74) is 2.55. The number of methoxy groups -OCH3 is 1. The van der Waals surface area contributed by atoms with E-state index in [2.05, 4.69) is 16.3 Å². The molecule has 1 unspecified atom stereocenters. The van der Waals surface area contributed by atoms with Gasteiger partial charge < -0.3 is 9.64 Å². The number of anilines is 1. The number of benzene rings is 3. The van der Waals surface area contributed by atoms with Crippen molar-refractivity contribution in [1.82, 2.24) is 14.8 Å². The quantitative estimate of drug-likeness (QED) is 0.298. The summed E-state index contributed by atoms with van der Waals surface area (Å²) in [6, 6.07) is 29.0. The lowest BCUT2D eigenvalue weighted by Gasteiger charge is -2.25. The monoisotopic (exact) mass is 483 g/mol. The van der Waals surface area contributed by atoms with E-state index in [-0.39, 0.29) is 12.3 Å². The lowest BCUT2D eigenvalue weighted by molar-refractivity contribution is -0.117. The lowest BCUT2D eigenvalue weighted by Crippen LogP contribution is -2.37. The molecule has 1 atom stereocenters. The summed E-state index contributed by atoms with van der Waals surface area (Å²) in [5, 5.41) is 18.2. The van der Waals surface area contributed by atoms with Crippen LogP contribution in [-0.4, -0.2) is 39.6 Å². The van der Waals surface area contributed by atoms with Gasteiger partial charge in [-0.25, -0.2) is 0 Å². The molecule has 7 nitrogen and oxygen atoms in total. The second-order valence-corrected chi connectivity index (χ2v) is 9.01. The minimum atomic E-state index is -0.454. The van der Waals surface area contributed by atoms with E-state index in [1.807, 2.05) is 96.4 Å². The topological polar surface area (TPSA) is 84.0 Å². The number of hydrogen-bond acceptors (Lipinski definition) is 6. The van der Waals surface area contributed by atoms with Crippen molar-refractivity contribution in [1.29, 1.82) is 5.26 Å². The largest absolute Gasteiger partial charge is 0.497 e. The molecule has 0 aliphatic heterocycles. The first-order valence-corrected chi connectivity index (χ1v) is 12.1. The third kappa shape index (κ3) is 5.53. The van der Waals surface area contributed by atoms with Crippen molar-refractivity contribution < 1.29 is 9.53 Å². The summed E-state index contributed by atoms with van der Waals surface area (Å²) in [5.74, 6) is 1.34. The number of ether oxygens (including phenoxy) is 1. The van der Waals surface area contributed by atoms with Gasteiger partial charge in [-0.15, -0.1) is 10.2 Å². The number of nitriles is 1. The van der Waals surface area contributed by atoms with Gasteiger partial charge in [0.05, 0.1) is 24.8 Å². The van der Waals surface area contributed by atoms with Crippen LogP contribution < -0.4 is 9.64 Å². The Kier molecular flexibility index (Phi) is 7.81. The fourth-order valence-corrected chi connectivity index (χ4v) is 4.58. The Morgan fingerprint density at radius 1 is 1.03 bits per heavy atom. The maximum atomic E-state index is 13.5. The van der Waals surface area contributed by atoms with Crippen molar-refractivity contribution in [2.24, 2.45) is 0 Å². The van der Waals surface area contributed by atoms with E-state index in [0.29, 0.717) is 17.5 Å². The molecule has 0 saturated carbocycles. The van der Waals surface area contributed by atoms with Gasteiger partial charge in [0.25, 0.3) is 0 Å². The first-order chi connectivity index (χ1) is 17.1. The highest BCUT2D eigenvalue weighted by Gasteiger charge is 2.26. The van der Waals surface area contributed by atoms with Crippen LogP contribution in [0.1, 0.15) is 13.3 Å². The lowest BCUT2D eigenvalue weighted by atomic mass is 10.2. The van der Waals surface area contributed by atoms with Crippen molar-refractivity contribution in [3.8, 4) is 28.9 Å². The van der Waals surface area contributed by atoms with Crippen molar-refractivity contribution in [2.75, 3.05) is 18.6 Å². The minimum Gasteiger partial charge on any atom is -0.497 e. The standard InChI is InChI=1S/C27H25N5O2S/c1-20(26(33)31(19-9-18-28)22-10-5-3-6-11-22)35-27-30-29-25(21-14-16-24(34-2)17-15-21)32(27)23-12-7-4-8-13-23/h3-8,10-17,20H,9,19H2,1-2H3. The zero-order chi connectivity index (χ0) is 24.6. The van der Waals surface area contributed by atoms with E-state index in [1.54, 1.807) is 12.0 Å². The van der Waals surface area contributed by atoms with Gasteiger partial charge >= 0.3 is 0 Å². The van der Waals surface area contributed by atoms with Gasteiger partial charge in [0.1, 0.15) is 5.75 Å². The Hall–Kier alpha value is -4.09. The molecule has 1 amide bonds. The van der Waals surface area contributed by atoms with Crippen molar-refractivity contribution in [3.05, 3.63) is 84.9 Å². The Bertz CT molecular complexity index is 1300. The normalized spacial score (nSPS) is 11.5. The third-order valence-electron chi connectivity index (χ3n) is 5.41. The summed E-state index contributed by atoms with van der Waals surface area (Å²) < 4.78 is 7.24. The van der Waals surface area contributed by atoms with Gasteiger partial charge in [-0.1, -0.05) is 48.2 Å². The van der Waals surface area contributed by atoms with Gasteiger partial charge in [-0.2, -0.15) is 5.26 Å². The molecule has 0 aliphatic carbocycles. The van der Waals surface area contributed by atoms with Crippen LogP contribution in [0.2, 0.25) is 0 Å². The average molecular weight is 484 g/mol. The zero-order valence-corrected chi connectivity index (χ0v) is 20.4. The van der Waals surface area contributed by atoms with Crippen LogP contribution in [0.25, 0.3) is 17.1 Å². The third-order valence-corrected chi connectivity index (χ3v) is 6.44. The summed E-state index contributed by atoms with van der Waals surface area (Å²) in [4.78, 5) is 15.1. The number of rotatable bonds is 9. The van der Waals surface area contributed by atoms with Gasteiger partial charge in [0.15, 0.2) is 11.0 Å². The van der Waals surface area contributed by atoms with Crippen LogP contribution >= 0.6 is 11.8 Å². The number of carbonyl (C=O) groups is 1. The molecule has 0 saturated heterocycles.